The van der Waals surface area contributed by atoms with Gasteiger partial charge in [-0.1, -0.05) is 12.1 Å². The summed E-state index contributed by atoms with van der Waals surface area (Å²) >= 11 is 6.82. The lowest BCUT2D eigenvalue weighted by Crippen LogP contribution is -2.33. The van der Waals surface area contributed by atoms with E-state index in [1.54, 1.807) is 23.5 Å². The average Bonchev–Trinajstić information content (AvgIpc) is 2.92. The molecule has 3 aromatic rings. The molecule has 1 aromatic heterocycles. The van der Waals surface area contributed by atoms with Crippen LogP contribution >= 0.6 is 23.6 Å². The molecule has 0 atom stereocenters. The summed E-state index contributed by atoms with van der Waals surface area (Å²) in [5.74, 6) is 0.206. The Morgan fingerprint density at radius 1 is 1.22 bits per heavy atom. The van der Waals surface area contributed by atoms with E-state index in [2.05, 4.69) is 15.6 Å². The molecule has 0 fully saturated rings. The molecule has 0 aliphatic rings. The highest BCUT2D eigenvalue weighted by Crippen LogP contribution is 2.36. The van der Waals surface area contributed by atoms with E-state index in [0.29, 0.717) is 10.7 Å². The predicted molar refractivity (Wildman–Crippen MR) is 101 cm³/mol. The summed E-state index contributed by atoms with van der Waals surface area (Å²) in [6.07, 6.45) is 0. The lowest BCUT2D eigenvalue weighted by Gasteiger charge is -2.14. The molecule has 0 amide bonds. The smallest absolute Gasteiger partial charge is 0.170 e. The summed E-state index contributed by atoms with van der Waals surface area (Å²) in [7, 11) is 0. The summed E-state index contributed by atoms with van der Waals surface area (Å²) < 4.78 is 1.09. The number of nitrogens with one attached hydrogen (secondary N) is 2. The first-order valence-corrected chi connectivity index (χ1v) is 8.52. The van der Waals surface area contributed by atoms with E-state index >= 15 is 0 Å². The van der Waals surface area contributed by atoms with Crippen LogP contribution in [-0.4, -0.2) is 21.2 Å². The number of hydrogen-bond acceptors (Lipinski definition) is 4. The van der Waals surface area contributed by atoms with Gasteiger partial charge < -0.3 is 15.7 Å². The molecule has 0 spiro atoms. The lowest BCUT2D eigenvalue weighted by atomic mass is 10.2. The van der Waals surface area contributed by atoms with Crippen molar-refractivity contribution < 1.29 is 5.11 Å². The molecule has 0 radical (unpaired) electrons. The van der Waals surface area contributed by atoms with Crippen molar-refractivity contribution in [2.75, 3.05) is 5.32 Å². The summed E-state index contributed by atoms with van der Waals surface area (Å²) in [6, 6.07) is 13.5. The number of anilines is 1. The van der Waals surface area contributed by atoms with Gasteiger partial charge in [0.15, 0.2) is 5.11 Å². The zero-order valence-corrected chi connectivity index (χ0v) is 14.5. The van der Waals surface area contributed by atoms with E-state index < -0.39 is 0 Å². The topological polar surface area (TPSA) is 57.2 Å². The number of aromatic nitrogens is 1. The predicted octanol–water partition coefficient (Wildman–Crippen LogP) is 4.36. The summed E-state index contributed by atoms with van der Waals surface area (Å²) in [6.45, 7) is 4.05. The van der Waals surface area contributed by atoms with Crippen LogP contribution in [0.15, 0.2) is 42.5 Å². The second-order valence-electron chi connectivity index (χ2n) is 5.47. The molecule has 0 aliphatic carbocycles. The van der Waals surface area contributed by atoms with Gasteiger partial charge in [-0.3, -0.25) is 0 Å². The van der Waals surface area contributed by atoms with E-state index in [0.717, 1.165) is 20.9 Å². The fraction of sp³-hybridized carbons (Fsp3) is 0.176. The van der Waals surface area contributed by atoms with E-state index in [1.807, 2.05) is 44.2 Å². The normalized spacial score (nSPS) is 10.9. The quantitative estimate of drug-likeness (QED) is 0.487. The second kappa shape index (κ2) is 6.52. The fourth-order valence-electron chi connectivity index (χ4n) is 2.20. The minimum atomic E-state index is 0.206. The molecule has 0 unspecified atom stereocenters. The first-order chi connectivity index (χ1) is 11.0. The zero-order valence-electron chi connectivity index (χ0n) is 12.8. The third-order valence-corrected chi connectivity index (χ3v) is 4.49. The fourth-order valence-corrected chi connectivity index (χ4v) is 3.55. The van der Waals surface area contributed by atoms with E-state index in [1.165, 1.54) is 0 Å². The molecule has 0 aliphatic heterocycles. The number of nitrogens with zero attached hydrogens (tertiary/aromatic N) is 1. The summed E-state index contributed by atoms with van der Waals surface area (Å²) in [5.41, 5.74) is 2.45. The standard InChI is InChI=1S/C17H17N3OS2/c1-10(2)18-17(22)19-11-7-8-14(21)12(9-11)16-20-13-5-3-4-6-15(13)23-16/h3-10,21H,1-2H3,(H2,18,19,22). The Balaban J connectivity index is 1.92. The number of phenolic OH excluding ortho intramolecular Hbond substituents is 1. The van der Waals surface area contributed by atoms with Crippen molar-refractivity contribution in [1.82, 2.24) is 10.3 Å². The Hall–Kier alpha value is -2.18. The maximum atomic E-state index is 10.2. The number of thiocarbonyl (C=S) groups is 1. The van der Waals surface area contributed by atoms with Gasteiger partial charge in [0.05, 0.1) is 15.8 Å². The number of hydrogen-bond donors (Lipinski definition) is 3. The van der Waals surface area contributed by atoms with Gasteiger partial charge in [0.1, 0.15) is 10.8 Å². The molecule has 3 rings (SSSR count). The van der Waals surface area contributed by atoms with Gasteiger partial charge in [-0.05, 0) is 56.4 Å². The van der Waals surface area contributed by atoms with Crippen LogP contribution in [-0.2, 0) is 0 Å². The van der Waals surface area contributed by atoms with Crippen molar-refractivity contribution >= 4 is 44.6 Å². The largest absolute Gasteiger partial charge is 0.507 e. The van der Waals surface area contributed by atoms with E-state index in [-0.39, 0.29) is 11.8 Å². The molecule has 6 heteroatoms. The SMILES string of the molecule is CC(C)NC(=S)Nc1ccc(O)c(-c2nc3ccccc3s2)c1. The maximum absolute atomic E-state index is 10.2. The van der Waals surface area contributed by atoms with Crippen LogP contribution in [0.3, 0.4) is 0 Å². The molecule has 0 bridgehead atoms. The van der Waals surface area contributed by atoms with Crippen LogP contribution in [0.5, 0.6) is 5.75 Å². The minimum absolute atomic E-state index is 0.206. The molecular formula is C17H17N3OS2. The average molecular weight is 343 g/mol. The van der Waals surface area contributed by atoms with Crippen LogP contribution in [0.2, 0.25) is 0 Å². The number of thiazole rings is 1. The third-order valence-electron chi connectivity index (χ3n) is 3.20. The highest BCUT2D eigenvalue weighted by molar-refractivity contribution is 7.80. The number of benzene rings is 2. The second-order valence-corrected chi connectivity index (χ2v) is 6.91. The number of fused-ring (bicyclic) bond motifs is 1. The Bertz CT molecular complexity index is 825. The Morgan fingerprint density at radius 3 is 2.74 bits per heavy atom. The highest BCUT2D eigenvalue weighted by Gasteiger charge is 2.11. The first-order valence-electron chi connectivity index (χ1n) is 7.29. The van der Waals surface area contributed by atoms with Crippen molar-refractivity contribution in [2.45, 2.75) is 19.9 Å². The van der Waals surface area contributed by atoms with Crippen LogP contribution in [0.4, 0.5) is 5.69 Å². The highest BCUT2D eigenvalue weighted by atomic mass is 32.1. The van der Waals surface area contributed by atoms with Crippen molar-refractivity contribution in [3.63, 3.8) is 0 Å². The monoisotopic (exact) mass is 343 g/mol. The van der Waals surface area contributed by atoms with Crippen molar-refractivity contribution in [2.24, 2.45) is 0 Å². The van der Waals surface area contributed by atoms with Gasteiger partial charge >= 0.3 is 0 Å². The van der Waals surface area contributed by atoms with Crippen LogP contribution in [0.25, 0.3) is 20.8 Å². The Morgan fingerprint density at radius 2 is 2.00 bits per heavy atom. The van der Waals surface area contributed by atoms with E-state index in [4.69, 9.17) is 12.2 Å². The van der Waals surface area contributed by atoms with Crippen molar-refractivity contribution in [3.05, 3.63) is 42.5 Å². The van der Waals surface area contributed by atoms with Gasteiger partial charge in [0.2, 0.25) is 0 Å². The molecular weight excluding hydrogens is 326 g/mol. The van der Waals surface area contributed by atoms with Crippen LogP contribution in [0, 0.1) is 0 Å². The van der Waals surface area contributed by atoms with Gasteiger partial charge in [0.25, 0.3) is 0 Å². The molecule has 118 valence electrons. The first kappa shape index (κ1) is 15.7. The summed E-state index contributed by atoms with van der Waals surface area (Å²) in [4.78, 5) is 4.59. The number of para-hydroxylation sites is 1. The molecule has 23 heavy (non-hydrogen) atoms. The number of rotatable bonds is 3. The summed E-state index contributed by atoms with van der Waals surface area (Å²) in [5, 5.41) is 17.8. The zero-order chi connectivity index (χ0) is 16.4. The Kier molecular flexibility index (Phi) is 4.45. The van der Waals surface area contributed by atoms with Gasteiger partial charge in [-0.15, -0.1) is 11.3 Å². The van der Waals surface area contributed by atoms with Crippen LogP contribution in [0.1, 0.15) is 13.8 Å². The Labute approximate surface area is 144 Å². The van der Waals surface area contributed by atoms with E-state index in [9.17, 15) is 5.11 Å². The van der Waals surface area contributed by atoms with Gasteiger partial charge in [-0.25, -0.2) is 4.98 Å². The maximum Gasteiger partial charge on any atom is 0.170 e. The molecule has 0 saturated carbocycles. The van der Waals surface area contributed by atoms with Crippen molar-refractivity contribution in [3.8, 4) is 16.3 Å². The molecule has 4 nitrogen and oxygen atoms in total. The minimum Gasteiger partial charge on any atom is -0.507 e. The van der Waals surface area contributed by atoms with Gasteiger partial charge in [0, 0.05) is 11.7 Å². The lowest BCUT2D eigenvalue weighted by molar-refractivity contribution is 0.477. The van der Waals surface area contributed by atoms with Gasteiger partial charge in [-0.2, -0.15) is 0 Å². The molecule has 2 aromatic carbocycles. The third kappa shape index (κ3) is 3.60. The van der Waals surface area contributed by atoms with Crippen LogP contribution < -0.4 is 10.6 Å². The molecule has 1 heterocycles. The number of aromatic hydroxyl groups is 1. The molecule has 3 N–H and O–H groups in total. The van der Waals surface area contributed by atoms with Crippen molar-refractivity contribution in [1.29, 1.82) is 0 Å². The molecule has 0 saturated heterocycles. The number of phenols is 1.